The van der Waals surface area contributed by atoms with Gasteiger partial charge >= 0.3 is 11.9 Å². The van der Waals surface area contributed by atoms with Crippen LogP contribution in [-0.4, -0.2) is 42.5 Å². The van der Waals surface area contributed by atoms with Gasteiger partial charge in [0.25, 0.3) is 0 Å². The predicted octanol–water partition coefficient (Wildman–Crippen LogP) is 4.70. The lowest BCUT2D eigenvalue weighted by atomic mass is 9.89. The zero-order chi connectivity index (χ0) is 19.5. The lowest BCUT2D eigenvalue weighted by Crippen LogP contribution is -2.42. The molecule has 0 bridgehead atoms. The largest absolute Gasteiger partial charge is 0.466 e. The molecule has 0 amide bonds. The number of carbonyl (C=O) groups excluding carboxylic acids is 2. The molecule has 0 N–H and O–H groups in total. The summed E-state index contributed by atoms with van der Waals surface area (Å²) in [5.74, 6) is -0.824. The molecule has 0 aliphatic heterocycles. The summed E-state index contributed by atoms with van der Waals surface area (Å²) in [5, 5.41) is 0.683. The maximum absolute atomic E-state index is 12.5. The Balaban J connectivity index is 2.96. The van der Waals surface area contributed by atoms with E-state index in [1.165, 1.54) is 9.12 Å². The van der Waals surface area contributed by atoms with Gasteiger partial charge in [-0.2, -0.15) is 0 Å². The van der Waals surface area contributed by atoms with Gasteiger partial charge in [0.1, 0.15) is 6.04 Å². The molecular formula is C18H25ClINO4S. The van der Waals surface area contributed by atoms with Gasteiger partial charge in [-0.3, -0.25) is 9.59 Å². The van der Waals surface area contributed by atoms with Crippen LogP contribution in [0.2, 0.25) is 5.02 Å². The Morgan fingerprint density at radius 2 is 1.81 bits per heavy atom. The molecule has 1 aromatic carbocycles. The maximum atomic E-state index is 12.5. The average molecular weight is 514 g/mol. The second kappa shape index (κ2) is 12.8. The zero-order valence-corrected chi connectivity index (χ0v) is 19.0. The highest BCUT2D eigenvalue weighted by Crippen LogP contribution is 2.29. The Hall–Kier alpha value is -0.510. The summed E-state index contributed by atoms with van der Waals surface area (Å²) in [7, 11) is 3.24. The first kappa shape index (κ1) is 23.5. The van der Waals surface area contributed by atoms with E-state index in [1.807, 2.05) is 35.6 Å². The Morgan fingerprint density at radius 1 is 1.19 bits per heavy atom. The first-order valence-electron chi connectivity index (χ1n) is 8.51. The highest BCUT2D eigenvalue weighted by atomic mass is 127. The Morgan fingerprint density at radius 3 is 2.35 bits per heavy atom. The molecule has 1 aromatic rings. The van der Waals surface area contributed by atoms with Gasteiger partial charge in [0.05, 0.1) is 19.6 Å². The number of benzene rings is 1. The van der Waals surface area contributed by atoms with E-state index in [4.69, 9.17) is 21.1 Å². The van der Waals surface area contributed by atoms with Crippen LogP contribution in [0.4, 0.5) is 0 Å². The smallest absolute Gasteiger partial charge is 0.324 e. The van der Waals surface area contributed by atoms with Crippen molar-refractivity contribution in [2.24, 2.45) is 5.92 Å². The van der Waals surface area contributed by atoms with Crippen LogP contribution in [0.1, 0.15) is 32.3 Å². The molecule has 0 saturated carbocycles. The van der Waals surface area contributed by atoms with Crippen LogP contribution in [0, 0.1) is 5.92 Å². The van der Waals surface area contributed by atoms with Crippen LogP contribution in [0.3, 0.4) is 0 Å². The van der Waals surface area contributed by atoms with E-state index in [1.54, 1.807) is 13.8 Å². The lowest BCUT2D eigenvalue weighted by molar-refractivity contribution is -0.151. The molecule has 0 aliphatic rings. The summed E-state index contributed by atoms with van der Waals surface area (Å²) in [6.07, 6.45) is 1.56. The minimum Gasteiger partial charge on any atom is -0.466 e. The summed E-state index contributed by atoms with van der Waals surface area (Å²) in [5.41, 5.74) is 1.11. The maximum Gasteiger partial charge on any atom is 0.324 e. The Kier molecular flexibility index (Phi) is 11.6. The van der Waals surface area contributed by atoms with E-state index in [0.29, 0.717) is 24.7 Å². The van der Waals surface area contributed by atoms with Gasteiger partial charge in [-0.05, 0) is 66.5 Å². The van der Waals surface area contributed by atoms with Crippen molar-refractivity contribution in [2.75, 3.05) is 20.3 Å². The minimum atomic E-state index is -0.520. The topological polar surface area (TPSA) is 55.8 Å². The second-order valence-corrected chi connectivity index (χ2v) is 8.08. The van der Waals surface area contributed by atoms with Gasteiger partial charge in [-0.25, -0.2) is 4.31 Å². The number of hydrogen-bond acceptors (Lipinski definition) is 6. The number of likely N-dealkylation sites (N-methyl/N-ethyl adjacent to an activating group) is 1. The summed E-state index contributed by atoms with van der Waals surface area (Å²) in [6.45, 7) is 4.18. The monoisotopic (exact) mass is 513 g/mol. The Bertz CT molecular complexity index is 573. The molecule has 0 fully saturated rings. The number of aryl methyl sites for hydroxylation is 1. The number of carbonyl (C=O) groups is 2. The van der Waals surface area contributed by atoms with E-state index < -0.39 is 6.04 Å². The van der Waals surface area contributed by atoms with Crippen LogP contribution < -0.4 is 0 Å². The molecule has 0 saturated heterocycles. The van der Waals surface area contributed by atoms with Gasteiger partial charge in [0, 0.05) is 26.2 Å². The van der Waals surface area contributed by atoms with Crippen molar-refractivity contribution in [3.8, 4) is 0 Å². The van der Waals surface area contributed by atoms with E-state index in [9.17, 15) is 9.59 Å². The SMILES string of the molecule is CCOC(=O)CC(CCc1ccc(Cl)cc1)C(C(=O)OCC)N(C)SI. The van der Waals surface area contributed by atoms with Gasteiger partial charge < -0.3 is 9.47 Å². The molecule has 5 nitrogen and oxygen atoms in total. The van der Waals surface area contributed by atoms with Crippen LogP contribution >= 0.6 is 41.9 Å². The van der Waals surface area contributed by atoms with Gasteiger partial charge in [0.2, 0.25) is 0 Å². The van der Waals surface area contributed by atoms with Crippen LogP contribution in [-0.2, 0) is 25.5 Å². The molecule has 0 heterocycles. The minimum absolute atomic E-state index is 0.173. The van der Waals surface area contributed by atoms with Crippen molar-refractivity contribution in [2.45, 2.75) is 39.2 Å². The molecule has 0 aromatic heterocycles. The normalized spacial score (nSPS) is 13.3. The molecule has 0 spiro atoms. The third-order valence-electron chi connectivity index (χ3n) is 3.93. The van der Waals surface area contributed by atoms with Crippen molar-refractivity contribution in [1.29, 1.82) is 0 Å². The number of rotatable bonds is 11. The van der Waals surface area contributed by atoms with Gasteiger partial charge in [0.15, 0.2) is 0 Å². The average Bonchev–Trinajstić information content (AvgIpc) is 2.61. The molecular weight excluding hydrogens is 489 g/mol. The zero-order valence-electron chi connectivity index (χ0n) is 15.2. The first-order chi connectivity index (χ1) is 12.4. The predicted molar refractivity (Wildman–Crippen MR) is 114 cm³/mol. The van der Waals surface area contributed by atoms with E-state index in [-0.39, 0.29) is 24.3 Å². The number of hydrogen-bond donors (Lipinski definition) is 0. The number of esters is 2. The third-order valence-corrected chi connectivity index (χ3v) is 6.49. The van der Waals surface area contributed by atoms with Crippen molar-refractivity contribution in [1.82, 2.24) is 4.31 Å². The molecule has 1 rings (SSSR count). The lowest BCUT2D eigenvalue weighted by Gasteiger charge is -2.30. The van der Waals surface area contributed by atoms with Crippen molar-refractivity contribution < 1.29 is 19.1 Å². The quantitative estimate of drug-likeness (QED) is 0.243. The molecule has 2 unspecified atom stereocenters. The highest BCUT2D eigenvalue weighted by molar-refractivity contribution is 14.2. The van der Waals surface area contributed by atoms with Crippen molar-refractivity contribution in [3.05, 3.63) is 34.9 Å². The Labute approximate surface area is 176 Å². The van der Waals surface area contributed by atoms with E-state index in [2.05, 4.69) is 21.2 Å². The molecule has 0 aliphatic carbocycles. The molecule has 26 heavy (non-hydrogen) atoms. The van der Waals surface area contributed by atoms with Gasteiger partial charge in [-0.1, -0.05) is 23.7 Å². The number of nitrogens with zero attached hydrogens (tertiary/aromatic N) is 1. The van der Waals surface area contributed by atoms with Crippen molar-refractivity contribution in [3.63, 3.8) is 0 Å². The van der Waals surface area contributed by atoms with Crippen LogP contribution in [0.15, 0.2) is 24.3 Å². The van der Waals surface area contributed by atoms with E-state index in [0.717, 1.165) is 12.0 Å². The van der Waals surface area contributed by atoms with E-state index >= 15 is 0 Å². The highest BCUT2D eigenvalue weighted by Gasteiger charge is 2.35. The first-order valence-corrected chi connectivity index (χ1v) is 12.2. The molecule has 0 radical (unpaired) electrons. The fourth-order valence-corrected chi connectivity index (χ4v) is 3.92. The van der Waals surface area contributed by atoms with Crippen molar-refractivity contribution >= 4 is 53.9 Å². The summed E-state index contributed by atoms with van der Waals surface area (Å²) < 4.78 is 12.2. The molecule has 146 valence electrons. The summed E-state index contributed by atoms with van der Waals surface area (Å²) in [4.78, 5) is 24.6. The standard InChI is InChI=1S/C18H25ClINO4S/c1-4-24-16(22)12-14(9-6-13-7-10-15(19)11-8-13)17(21(3)26-20)18(23)25-5-2/h7-8,10-11,14,17H,4-6,9,12H2,1-3H3. The summed E-state index contributed by atoms with van der Waals surface area (Å²) in [6, 6.07) is 7.08. The third kappa shape index (κ3) is 8.02. The molecule has 2 atom stereocenters. The molecule has 8 heteroatoms. The van der Waals surface area contributed by atoms with Crippen LogP contribution in [0.5, 0.6) is 0 Å². The number of ether oxygens (including phenoxy) is 2. The van der Waals surface area contributed by atoms with Gasteiger partial charge in [-0.15, -0.1) is 0 Å². The summed E-state index contributed by atoms with van der Waals surface area (Å²) >= 11 is 8.05. The fourth-order valence-electron chi connectivity index (χ4n) is 2.72. The fraction of sp³-hybridized carbons (Fsp3) is 0.556. The van der Waals surface area contributed by atoms with Crippen LogP contribution in [0.25, 0.3) is 0 Å². The number of halogens is 2. The second-order valence-electron chi connectivity index (χ2n) is 5.75.